The van der Waals surface area contributed by atoms with Crippen LogP contribution in [0, 0.1) is 18.7 Å². The van der Waals surface area contributed by atoms with E-state index in [-0.39, 0.29) is 17.5 Å². The Bertz CT molecular complexity index is 438. The minimum Gasteiger partial charge on any atom is -0.393 e. The van der Waals surface area contributed by atoms with E-state index in [9.17, 15) is 18.3 Å². The van der Waals surface area contributed by atoms with Gasteiger partial charge in [-0.2, -0.15) is 0 Å². The standard InChI is InChI=1S/C12H14F3NO/c1-6-7(3-2-4-9(6)13)12(16,11(14)15)8-5-10(8)17/h2-4,8,10-11,17H,5,16H2,1H3. The van der Waals surface area contributed by atoms with Crippen LogP contribution < -0.4 is 5.73 Å². The quantitative estimate of drug-likeness (QED) is 0.854. The average molecular weight is 245 g/mol. The molecule has 1 aromatic rings. The van der Waals surface area contributed by atoms with Gasteiger partial charge in [-0.15, -0.1) is 0 Å². The Morgan fingerprint density at radius 1 is 1.47 bits per heavy atom. The predicted molar refractivity (Wildman–Crippen MR) is 57.1 cm³/mol. The molecule has 1 aromatic carbocycles. The van der Waals surface area contributed by atoms with Crippen LogP contribution >= 0.6 is 0 Å². The molecule has 0 heterocycles. The number of benzene rings is 1. The highest BCUT2D eigenvalue weighted by Gasteiger charge is 2.56. The van der Waals surface area contributed by atoms with E-state index in [0.29, 0.717) is 0 Å². The van der Waals surface area contributed by atoms with Gasteiger partial charge in [-0.05, 0) is 30.5 Å². The number of hydrogen-bond acceptors (Lipinski definition) is 2. The lowest BCUT2D eigenvalue weighted by Crippen LogP contribution is -2.47. The molecule has 3 N–H and O–H groups in total. The monoisotopic (exact) mass is 245 g/mol. The third kappa shape index (κ3) is 1.83. The maximum absolute atomic E-state index is 13.4. The maximum atomic E-state index is 13.4. The zero-order valence-electron chi connectivity index (χ0n) is 9.33. The zero-order valence-corrected chi connectivity index (χ0v) is 9.33. The molecule has 1 saturated carbocycles. The molecule has 2 rings (SSSR count). The molecule has 3 atom stereocenters. The highest BCUT2D eigenvalue weighted by Crippen LogP contribution is 2.48. The van der Waals surface area contributed by atoms with Gasteiger partial charge in [-0.3, -0.25) is 0 Å². The first-order chi connectivity index (χ1) is 7.89. The van der Waals surface area contributed by atoms with Gasteiger partial charge in [0.15, 0.2) is 0 Å². The van der Waals surface area contributed by atoms with Crippen molar-refractivity contribution < 1.29 is 18.3 Å². The summed E-state index contributed by atoms with van der Waals surface area (Å²) in [5.41, 5.74) is 3.98. The van der Waals surface area contributed by atoms with E-state index in [1.165, 1.54) is 25.1 Å². The van der Waals surface area contributed by atoms with Crippen molar-refractivity contribution in [3.05, 3.63) is 35.1 Å². The molecule has 1 aliphatic rings. The third-order valence-electron chi connectivity index (χ3n) is 3.47. The van der Waals surface area contributed by atoms with E-state index in [4.69, 9.17) is 5.73 Å². The van der Waals surface area contributed by atoms with E-state index in [0.717, 1.165) is 0 Å². The number of alkyl halides is 2. The predicted octanol–water partition coefficient (Wildman–Crippen LogP) is 1.93. The molecule has 2 nitrogen and oxygen atoms in total. The molecular formula is C12H14F3NO. The fraction of sp³-hybridized carbons (Fsp3) is 0.500. The molecule has 17 heavy (non-hydrogen) atoms. The molecule has 0 bridgehead atoms. The summed E-state index contributed by atoms with van der Waals surface area (Å²) in [6.07, 6.45) is -3.43. The van der Waals surface area contributed by atoms with Crippen molar-refractivity contribution in [2.24, 2.45) is 11.7 Å². The van der Waals surface area contributed by atoms with Gasteiger partial charge in [-0.25, -0.2) is 13.2 Å². The van der Waals surface area contributed by atoms with Crippen LogP contribution in [0.2, 0.25) is 0 Å². The van der Waals surface area contributed by atoms with Crippen molar-refractivity contribution in [1.29, 1.82) is 0 Å². The van der Waals surface area contributed by atoms with Gasteiger partial charge < -0.3 is 10.8 Å². The zero-order chi connectivity index (χ0) is 12.8. The Morgan fingerprint density at radius 2 is 2.06 bits per heavy atom. The van der Waals surface area contributed by atoms with Gasteiger partial charge in [0, 0.05) is 5.92 Å². The molecule has 1 fully saturated rings. The number of nitrogens with two attached hydrogens (primary N) is 1. The molecule has 0 radical (unpaired) electrons. The van der Waals surface area contributed by atoms with Gasteiger partial charge in [-0.1, -0.05) is 12.1 Å². The van der Waals surface area contributed by atoms with E-state index < -0.39 is 29.8 Å². The SMILES string of the molecule is Cc1c(F)cccc1C(N)(C(F)F)C1CC1O. The van der Waals surface area contributed by atoms with Crippen molar-refractivity contribution >= 4 is 0 Å². The van der Waals surface area contributed by atoms with Crippen molar-refractivity contribution in [2.75, 3.05) is 0 Å². The highest BCUT2D eigenvalue weighted by molar-refractivity contribution is 5.36. The molecule has 0 saturated heterocycles. The number of aliphatic hydroxyl groups is 1. The molecular weight excluding hydrogens is 231 g/mol. The second-order valence-corrected chi connectivity index (χ2v) is 4.56. The Labute approximate surface area is 97.2 Å². The molecule has 5 heteroatoms. The number of halogens is 3. The van der Waals surface area contributed by atoms with Crippen LogP contribution in [0.1, 0.15) is 17.5 Å². The molecule has 0 amide bonds. The van der Waals surface area contributed by atoms with Gasteiger partial charge in [0.25, 0.3) is 6.43 Å². The van der Waals surface area contributed by atoms with Gasteiger partial charge >= 0.3 is 0 Å². The van der Waals surface area contributed by atoms with Gasteiger partial charge in [0.1, 0.15) is 11.4 Å². The maximum Gasteiger partial charge on any atom is 0.260 e. The summed E-state index contributed by atoms with van der Waals surface area (Å²) in [6, 6.07) is 3.96. The van der Waals surface area contributed by atoms with Crippen molar-refractivity contribution in [1.82, 2.24) is 0 Å². The fourth-order valence-corrected chi connectivity index (χ4v) is 2.25. The lowest BCUT2D eigenvalue weighted by Gasteiger charge is -2.31. The number of aliphatic hydroxyl groups excluding tert-OH is 1. The van der Waals surface area contributed by atoms with E-state index in [1.54, 1.807) is 0 Å². The molecule has 0 spiro atoms. The smallest absolute Gasteiger partial charge is 0.260 e. The highest BCUT2D eigenvalue weighted by atomic mass is 19.3. The van der Waals surface area contributed by atoms with Crippen LogP contribution in [0.25, 0.3) is 0 Å². The summed E-state index contributed by atoms with van der Waals surface area (Å²) in [6.45, 7) is 1.42. The van der Waals surface area contributed by atoms with Crippen molar-refractivity contribution in [3.8, 4) is 0 Å². The summed E-state index contributed by atoms with van der Waals surface area (Å²) < 4.78 is 39.8. The molecule has 94 valence electrons. The van der Waals surface area contributed by atoms with Crippen molar-refractivity contribution in [2.45, 2.75) is 31.4 Å². The minimum absolute atomic E-state index is 0.0778. The largest absolute Gasteiger partial charge is 0.393 e. The molecule has 0 aromatic heterocycles. The van der Waals surface area contributed by atoms with Gasteiger partial charge in [0.05, 0.1) is 6.10 Å². The summed E-state index contributed by atoms with van der Waals surface area (Å²) in [7, 11) is 0. The lowest BCUT2D eigenvalue weighted by atomic mass is 9.83. The summed E-state index contributed by atoms with van der Waals surface area (Å²) >= 11 is 0. The Kier molecular flexibility index (Phi) is 2.91. The Balaban J connectivity index is 2.50. The molecule has 0 aliphatic heterocycles. The van der Waals surface area contributed by atoms with Crippen LogP contribution in [0.15, 0.2) is 18.2 Å². The van der Waals surface area contributed by atoms with Crippen LogP contribution in [-0.2, 0) is 5.54 Å². The van der Waals surface area contributed by atoms with E-state index in [2.05, 4.69) is 0 Å². The first-order valence-electron chi connectivity index (χ1n) is 5.39. The summed E-state index contributed by atoms with van der Waals surface area (Å²) in [4.78, 5) is 0. The van der Waals surface area contributed by atoms with Crippen LogP contribution in [0.4, 0.5) is 13.2 Å². The molecule has 3 unspecified atom stereocenters. The Hall–Kier alpha value is -1.07. The normalized spacial score (nSPS) is 27.0. The van der Waals surface area contributed by atoms with Crippen LogP contribution in [-0.4, -0.2) is 17.6 Å². The minimum atomic E-state index is -2.84. The van der Waals surface area contributed by atoms with Crippen LogP contribution in [0.3, 0.4) is 0 Å². The van der Waals surface area contributed by atoms with Crippen molar-refractivity contribution in [3.63, 3.8) is 0 Å². The Morgan fingerprint density at radius 3 is 2.53 bits per heavy atom. The first kappa shape index (κ1) is 12.4. The molecule has 1 aliphatic carbocycles. The lowest BCUT2D eigenvalue weighted by molar-refractivity contribution is 0.0277. The van der Waals surface area contributed by atoms with Crippen LogP contribution in [0.5, 0.6) is 0 Å². The first-order valence-corrected chi connectivity index (χ1v) is 5.39. The summed E-state index contributed by atoms with van der Waals surface area (Å²) in [5.74, 6) is -1.27. The van der Waals surface area contributed by atoms with Gasteiger partial charge in [0.2, 0.25) is 0 Å². The second kappa shape index (κ2) is 3.99. The summed E-state index contributed by atoms with van der Waals surface area (Å²) in [5, 5.41) is 9.33. The van der Waals surface area contributed by atoms with E-state index >= 15 is 0 Å². The number of rotatable bonds is 3. The number of hydrogen-bond donors (Lipinski definition) is 2. The van der Waals surface area contributed by atoms with E-state index in [1.807, 2.05) is 0 Å². The second-order valence-electron chi connectivity index (χ2n) is 4.56. The third-order valence-corrected chi connectivity index (χ3v) is 3.47. The fourth-order valence-electron chi connectivity index (χ4n) is 2.25. The average Bonchev–Trinajstić information content (AvgIpc) is 2.99. The topological polar surface area (TPSA) is 46.2 Å².